The predicted molar refractivity (Wildman–Crippen MR) is 70.5 cm³/mol. The predicted octanol–water partition coefficient (Wildman–Crippen LogP) is 0.155. The lowest BCUT2D eigenvalue weighted by Gasteiger charge is -2.24. The molecule has 3 N–H and O–H groups in total. The molecule has 0 radical (unpaired) electrons. The molecule has 2 rings (SSSR count). The highest BCUT2D eigenvalue weighted by Gasteiger charge is 2.39. The van der Waals surface area contributed by atoms with Crippen LogP contribution in [0.4, 0.5) is 4.39 Å². The standard InChI is InChI=1S/C14H15FN2O4/c15-10-3-1-8(2-4-10)5-11(14(20)21)17-7-9(13(16)19)6-12(17)18/h1-4,9,11H,5-7H2,(H2,16,19)(H,20,21)/t9?,11-/m0/s1. The van der Waals surface area contributed by atoms with Gasteiger partial charge in [-0.1, -0.05) is 12.1 Å². The van der Waals surface area contributed by atoms with Gasteiger partial charge in [-0.15, -0.1) is 0 Å². The third kappa shape index (κ3) is 3.36. The van der Waals surface area contributed by atoms with Crippen molar-refractivity contribution in [2.75, 3.05) is 6.54 Å². The number of carbonyl (C=O) groups excluding carboxylic acids is 2. The van der Waals surface area contributed by atoms with Gasteiger partial charge in [-0.2, -0.15) is 0 Å². The molecule has 1 fully saturated rings. The van der Waals surface area contributed by atoms with Crippen LogP contribution in [0.1, 0.15) is 12.0 Å². The maximum absolute atomic E-state index is 12.9. The van der Waals surface area contributed by atoms with Crippen molar-refractivity contribution in [3.8, 4) is 0 Å². The van der Waals surface area contributed by atoms with Crippen molar-refractivity contribution in [1.29, 1.82) is 0 Å². The van der Waals surface area contributed by atoms with Crippen LogP contribution < -0.4 is 5.73 Å². The third-order valence-electron chi connectivity index (χ3n) is 3.56. The van der Waals surface area contributed by atoms with E-state index in [1.54, 1.807) is 0 Å². The van der Waals surface area contributed by atoms with E-state index >= 15 is 0 Å². The molecule has 1 saturated heterocycles. The van der Waals surface area contributed by atoms with Crippen molar-refractivity contribution < 1.29 is 23.9 Å². The molecule has 21 heavy (non-hydrogen) atoms. The number of halogens is 1. The minimum atomic E-state index is -1.17. The summed E-state index contributed by atoms with van der Waals surface area (Å²) in [7, 11) is 0. The molecule has 1 aliphatic heterocycles. The van der Waals surface area contributed by atoms with E-state index in [1.165, 1.54) is 24.3 Å². The molecular weight excluding hydrogens is 279 g/mol. The number of carboxylic acids is 1. The minimum Gasteiger partial charge on any atom is -0.480 e. The molecule has 2 amide bonds. The number of nitrogens with two attached hydrogens (primary N) is 1. The van der Waals surface area contributed by atoms with Gasteiger partial charge in [0.15, 0.2) is 0 Å². The van der Waals surface area contributed by atoms with Crippen LogP contribution >= 0.6 is 0 Å². The molecular formula is C14H15FN2O4. The zero-order chi connectivity index (χ0) is 15.6. The zero-order valence-corrected chi connectivity index (χ0v) is 11.2. The highest BCUT2D eigenvalue weighted by molar-refractivity contribution is 5.91. The second-order valence-corrected chi connectivity index (χ2v) is 5.03. The molecule has 1 aromatic rings. The van der Waals surface area contributed by atoms with Crippen molar-refractivity contribution in [2.45, 2.75) is 18.9 Å². The van der Waals surface area contributed by atoms with E-state index in [0.717, 1.165) is 4.90 Å². The van der Waals surface area contributed by atoms with Gasteiger partial charge in [0.1, 0.15) is 11.9 Å². The number of benzene rings is 1. The monoisotopic (exact) mass is 294 g/mol. The van der Waals surface area contributed by atoms with Gasteiger partial charge in [-0.05, 0) is 17.7 Å². The van der Waals surface area contributed by atoms with Crippen molar-refractivity contribution in [3.63, 3.8) is 0 Å². The third-order valence-corrected chi connectivity index (χ3v) is 3.56. The fraction of sp³-hybridized carbons (Fsp3) is 0.357. The van der Waals surface area contributed by atoms with E-state index in [9.17, 15) is 23.9 Å². The first-order valence-corrected chi connectivity index (χ1v) is 6.44. The van der Waals surface area contributed by atoms with Crippen LogP contribution in [0.5, 0.6) is 0 Å². The smallest absolute Gasteiger partial charge is 0.326 e. The summed E-state index contributed by atoms with van der Waals surface area (Å²) in [5, 5.41) is 9.31. The Morgan fingerprint density at radius 2 is 2.00 bits per heavy atom. The number of nitrogens with zero attached hydrogens (tertiary/aromatic N) is 1. The Kier molecular flexibility index (Phi) is 4.21. The number of rotatable bonds is 5. The topological polar surface area (TPSA) is 101 Å². The Hall–Kier alpha value is -2.44. The van der Waals surface area contributed by atoms with Crippen molar-refractivity contribution in [3.05, 3.63) is 35.6 Å². The molecule has 1 heterocycles. The SMILES string of the molecule is NC(=O)C1CC(=O)N([C@@H](Cc2ccc(F)cc2)C(=O)O)C1. The van der Waals surface area contributed by atoms with Gasteiger partial charge in [0.2, 0.25) is 11.8 Å². The molecule has 112 valence electrons. The van der Waals surface area contributed by atoms with Gasteiger partial charge >= 0.3 is 5.97 Å². The van der Waals surface area contributed by atoms with E-state index in [4.69, 9.17) is 5.73 Å². The van der Waals surface area contributed by atoms with E-state index in [0.29, 0.717) is 5.56 Å². The van der Waals surface area contributed by atoms with E-state index in [1.807, 2.05) is 0 Å². The summed E-state index contributed by atoms with van der Waals surface area (Å²) in [4.78, 5) is 35.6. The molecule has 1 unspecified atom stereocenters. The quantitative estimate of drug-likeness (QED) is 0.807. The number of hydrogen-bond donors (Lipinski definition) is 2. The van der Waals surface area contributed by atoms with Crippen LogP contribution in [0.3, 0.4) is 0 Å². The number of primary amides is 1. The minimum absolute atomic E-state index is 0.00628. The van der Waals surface area contributed by atoms with Gasteiger partial charge in [0, 0.05) is 19.4 Å². The van der Waals surface area contributed by atoms with Crippen LogP contribution in [0.25, 0.3) is 0 Å². The molecule has 6 nitrogen and oxygen atoms in total. The summed E-state index contributed by atoms with van der Waals surface area (Å²) in [5.74, 6) is -3.27. The lowest BCUT2D eigenvalue weighted by Crippen LogP contribution is -2.44. The number of aliphatic carboxylic acids is 1. The van der Waals surface area contributed by atoms with Crippen molar-refractivity contribution >= 4 is 17.8 Å². The van der Waals surface area contributed by atoms with Crippen molar-refractivity contribution in [1.82, 2.24) is 4.90 Å². The lowest BCUT2D eigenvalue weighted by atomic mass is 10.0. The molecule has 1 aliphatic rings. The number of likely N-dealkylation sites (tertiary alicyclic amines) is 1. The fourth-order valence-corrected chi connectivity index (χ4v) is 2.40. The summed E-state index contributed by atoms with van der Waals surface area (Å²) >= 11 is 0. The average molecular weight is 294 g/mol. The largest absolute Gasteiger partial charge is 0.480 e. The Morgan fingerprint density at radius 1 is 1.38 bits per heavy atom. The number of amides is 2. The first kappa shape index (κ1) is 15.0. The highest BCUT2D eigenvalue weighted by atomic mass is 19.1. The molecule has 0 bridgehead atoms. The number of hydrogen-bond acceptors (Lipinski definition) is 3. The zero-order valence-electron chi connectivity index (χ0n) is 11.2. The Bertz CT molecular complexity index is 573. The normalized spacial score (nSPS) is 19.6. The van der Waals surface area contributed by atoms with Gasteiger partial charge in [0.05, 0.1) is 5.92 Å². The summed E-state index contributed by atoms with van der Waals surface area (Å²) in [6, 6.07) is 4.31. The number of carboxylic acid groups (broad SMARTS) is 1. The Morgan fingerprint density at radius 3 is 2.48 bits per heavy atom. The van der Waals surface area contributed by atoms with E-state index in [2.05, 4.69) is 0 Å². The maximum atomic E-state index is 12.9. The second-order valence-electron chi connectivity index (χ2n) is 5.03. The summed E-state index contributed by atoms with van der Waals surface area (Å²) < 4.78 is 12.9. The van der Waals surface area contributed by atoms with Crippen molar-refractivity contribution in [2.24, 2.45) is 11.7 Å². The second kappa shape index (κ2) is 5.90. The Labute approximate surface area is 120 Å². The van der Waals surface area contributed by atoms with Crippen LogP contribution in [-0.2, 0) is 20.8 Å². The van der Waals surface area contributed by atoms with E-state index < -0.39 is 35.6 Å². The van der Waals surface area contributed by atoms with Gasteiger partial charge in [-0.25, -0.2) is 9.18 Å². The van der Waals surface area contributed by atoms with Crippen LogP contribution in [-0.4, -0.2) is 40.4 Å². The molecule has 0 aromatic heterocycles. The molecule has 2 atom stereocenters. The summed E-state index contributed by atoms with van der Waals surface area (Å²) in [6.07, 6.45) is -0.0185. The van der Waals surface area contributed by atoms with Gasteiger partial charge in [-0.3, -0.25) is 9.59 Å². The van der Waals surface area contributed by atoms with Crippen LogP contribution in [0.2, 0.25) is 0 Å². The first-order chi connectivity index (χ1) is 9.88. The molecule has 0 aliphatic carbocycles. The lowest BCUT2D eigenvalue weighted by molar-refractivity contribution is -0.148. The van der Waals surface area contributed by atoms with Gasteiger partial charge in [0.25, 0.3) is 0 Å². The average Bonchev–Trinajstić information content (AvgIpc) is 2.80. The maximum Gasteiger partial charge on any atom is 0.326 e. The summed E-state index contributed by atoms with van der Waals surface area (Å²) in [6.45, 7) is 0.00628. The van der Waals surface area contributed by atoms with Crippen LogP contribution in [0.15, 0.2) is 24.3 Å². The molecule has 0 spiro atoms. The summed E-state index contributed by atoms with van der Waals surface area (Å²) in [5.41, 5.74) is 5.76. The number of carbonyl (C=O) groups is 3. The van der Waals surface area contributed by atoms with E-state index in [-0.39, 0.29) is 19.4 Å². The highest BCUT2D eigenvalue weighted by Crippen LogP contribution is 2.22. The Balaban J connectivity index is 2.16. The molecule has 1 aromatic carbocycles. The first-order valence-electron chi connectivity index (χ1n) is 6.44. The van der Waals surface area contributed by atoms with Crippen LogP contribution in [0, 0.1) is 11.7 Å². The fourth-order valence-electron chi connectivity index (χ4n) is 2.40. The molecule has 0 saturated carbocycles. The molecule has 7 heteroatoms. The van der Waals surface area contributed by atoms with Gasteiger partial charge < -0.3 is 15.7 Å².